The summed E-state index contributed by atoms with van der Waals surface area (Å²) in [4.78, 5) is 11.0. The smallest absolute Gasteiger partial charge is 0.228 e. The highest BCUT2D eigenvalue weighted by Gasteiger charge is 2.18. The molecule has 1 amide bonds. The van der Waals surface area contributed by atoms with E-state index in [9.17, 15) is 10.0 Å². The highest BCUT2D eigenvalue weighted by Crippen LogP contribution is 2.24. The van der Waals surface area contributed by atoms with Crippen LogP contribution in [0.15, 0.2) is 18.2 Å². The molecule has 13 heavy (non-hydrogen) atoms. The minimum absolute atomic E-state index is 0.00398. The fourth-order valence-electron chi connectivity index (χ4n) is 1.45. The molecule has 68 valence electrons. The molecule has 2 rings (SSSR count). The van der Waals surface area contributed by atoms with E-state index in [-0.39, 0.29) is 11.0 Å². The summed E-state index contributed by atoms with van der Waals surface area (Å²) in [5.41, 5.74) is 2.41. The van der Waals surface area contributed by atoms with E-state index in [2.05, 4.69) is 5.32 Å². The molecule has 1 unspecified atom stereocenters. The predicted octanol–water partition coefficient (Wildman–Crippen LogP) is -0.175. The summed E-state index contributed by atoms with van der Waals surface area (Å²) in [5, 5.41) is 13.8. The van der Waals surface area contributed by atoms with Gasteiger partial charge in [0.2, 0.25) is 5.91 Å². The number of rotatable bonds is 1. The Bertz CT molecular complexity index is 361. The van der Waals surface area contributed by atoms with Gasteiger partial charge in [-0.3, -0.25) is 4.79 Å². The second kappa shape index (κ2) is 2.83. The zero-order valence-electron chi connectivity index (χ0n) is 7.26. The quantitative estimate of drug-likeness (QED) is 0.586. The van der Waals surface area contributed by atoms with Crippen LogP contribution >= 0.6 is 0 Å². The maximum Gasteiger partial charge on any atom is 0.228 e. The van der Waals surface area contributed by atoms with Crippen molar-refractivity contribution in [1.29, 1.82) is 0 Å². The van der Waals surface area contributed by atoms with Crippen molar-refractivity contribution in [3.8, 4) is 0 Å². The maximum absolute atomic E-state index is 11.0. The van der Waals surface area contributed by atoms with Crippen molar-refractivity contribution < 1.29 is 9.86 Å². The van der Waals surface area contributed by atoms with Gasteiger partial charge in [-0.15, -0.1) is 0 Å². The molecular weight excluding hydrogens is 168 g/mol. The minimum Gasteiger partial charge on any atom is -0.629 e. The lowest BCUT2D eigenvalue weighted by Crippen LogP contribution is -2.98. The Labute approximate surface area is 75.7 Å². The first-order valence-electron chi connectivity index (χ1n) is 4.10. The van der Waals surface area contributed by atoms with Gasteiger partial charge in [0, 0.05) is 17.8 Å². The Morgan fingerprint density at radius 2 is 2.31 bits per heavy atom. The van der Waals surface area contributed by atoms with Crippen molar-refractivity contribution in [3.05, 3.63) is 29.0 Å². The van der Waals surface area contributed by atoms with Crippen LogP contribution in [-0.4, -0.2) is 13.0 Å². The largest absolute Gasteiger partial charge is 0.629 e. The molecule has 4 nitrogen and oxygen atoms in total. The molecule has 4 heteroatoms. The molecule has 1 atom stereocenters. The molecule has 0 radical (unpaired) electrons. The molecule has 1 heterocycles. The van der Waals surface area contributed by atoms with Gasteiger partial charge in [-0.25, -0.2) is 0 Å². The van der Waals surface area contributed by atoms with Crippen LogP contribution in [0.2, 0.25) is 0 Å². The number of hydroxylamine groups is 1. The SMILES string of the molecule is C[NH+]([O-])c1ccc2c(c1)CC(=O)N2. The van der Waals surface area contributed by atoms with Crippen LogP contribution in [0, 0.1) is 5.21 Å². The highest BCUT2D eigenvalue weighted by molar-refractivity contribution is 5.99. The van der Waals surface area contributed by atoms with Crippen molar-refractivity contribution in [2.24, 2.45) is 0 Å². The Morgan fingerprint density at radius 3 is 3.00 bits per heavy atom. The standard InChI is InChI=1S/C9H10N2O2/c1-11(13)7-2-3-8-6(4-7)5-9(12)10-8/h2-4,11H,5H2,1H3,(H,10,12). The number of fused-ring (bicyclic) bond motifs is 1. The zero-order chi connectivity index (χ0) is 9.42. The van der Waals surface area contributed by atoms with Gasteiger partial charge in [0.05, 0.1) is 13.5 Å². The molecule has 0 saturated carbocycles. The Balaban J connectivity index is 2.40. The van der Waals surface area contributed by atoms with E-state index in [0.29, 0.717) is 12.1 Å². The molecule has 0 aromatic heterocycles. The van der Waals surface area contributed by atoms with E-state index in [0.717, 1.165) is 11.3 Å². The molecule has 0 bridgehead atoms. The minimum atomic E-state index is -0.00398. The number of quaternary nitrogens is 1. The number of nitrogens with one attached hydrogen (secondary N) is 2. The molecule has 0 fully saturated rings. The molecule has 0 spiro atoms. The molecule has 1 aliphatic heterocycles. The van der Waals surface area contributed by atoms with Gasteiger partial charge in [0.15, 0.2) is 0 Å². The number of anilines is 1. The highest BCUT2D eigenvalue weighted by atomic mass is 16.5. The van der Waals surface area contributed by atoms with Crippen LogP contribution in [-0.2, 0) is 11.2 Å². The lowest BCUT2D eigenvalue weighted by molar-refractivity contribution is -0.751. The number of hydrogen-bond acceptors (Lipinski definition) is 2. The first-order valence-corrected chi connectivity index (χ1v) is 4.10. The van der Waals surface area contributed by atoms with Crippen LogP contribution < -0.4 is 10.4 Å². The number of carbonyl (C=O) groups excluding carboxylic acids is 1. The van der Waals surface area contributed by atoms with Gasteiger partial charge in [-0.2, -0.15) is 0 Å². The zero-order valence-corrected chi connectivity index (χ0v) is 7.26. The number of carbonyl (C=O) groups is 1. The van der Waals surface area contributed by atoms with E-state index >= 15 is 0 Å². The second-order valence-corrected chi connectivity index (χ2v) is 3.15. The predicted molar refractivity (Wildman–Crippen MR) is 48.7 cm³/mol. The van der Waals surface area contributed by atoms with E-state index < -0.39 is 0 Å². The Kier molecular flexibility index (Phi) is 1.79. The van der Waals surface area contributed by atoms with E-state index in [4.69, 9.17) is 0 Å². The molecule has 1 aromatic carbocycles. The van der Waals surface area contributed by atoms with Gasteiger partial charge in [0.25, 0.3) is 0 Å². The summed E-state index contributed by atoms with van der Waals surface area (Å²) in [6.07, 6.45) is 0.385. The van der Waals surface area contributed by atoms with Crippen molar-refractivity contribution in [2.45, 2.75) is 6.42 Å². The van der Waals surface area contributed by atoms with Crippen LogP contribution in [0.25, 0.3) is 0 Å². The average molecular weight is 178 g/mol. The average Bonchev–Trinajstić information content (AvgIpc) is 2.42. The monoisotopic (exact) mass is 178 g/mol. The molecule has 0 saturated heterocycles. The summed E-state index contributed by atoms with van der Waals surface area (Å²) in [7, 11) is 1.52. The normalized spacial score (nSPS) is 16.6. The number of benzene rings is 1. The molecule has 1 aromatic rings. The summed E-state index contributed by atoms with van der Waals surface area (Å²) in [5.74, 6) is -0.00398. The third-order valence-electron chi connectivity index (χ3n) is 2.14. The van der Waals surface area contributed by atoms with Gasteiger partial charge in [-0.1, -0.05) is 0 Å². The fourth-order valence-corrected chi connectivity index (χ4v) is 1.45. The first kappa shape index (κ1) is 8.22. The summed E-state index contributed by atoms with van der Waals surface area (Å²) in [6.45, 7) is 0. The lowest BCUT2D eigenvalue weighted by atomic mass is 10.1. The van der Waals surface area contributed by atoms with Crippen molar-refractivity contribution in [3.63, 3.8) is 0 Å². The van der Waals surface area contributed by atoms with Gasteiger partial charge >= 0.3 is 0 Å². The fraction of sp³-hybridized carbons (Fsp3) is 0.222. The number of amides is 1. The molecule has 2 N–H and O–H groups in total. The van der Waals surface area contributed by atoms with E-state index in [1.54, 1.807) is 18.2 Å². The second-order valence-electron chi connectivity index (χ2n) is 3.15. The molecule has 0 aliphatic carbocycles. The van der Waals surface area contributed by atoms with Crippen LogP contribution in [0.4, 0.5) is 11.4 Å². The Morgan fingerprint density at radius 1 is 1.54 bits per heavy atom. The third-order valence-corrected chi connectivity index (χ3v) is 2.14. The number of hydrogen-bond donors (Lipinski definition) is 2. The first-order chi connectivity index (χ1) is 6.16. The van der Waals surface area contributed by atoms with Gasteiger partial charge in [-0.05, 0) is 11.6 Å². The summed E-state index contributed by atoms with van der Waals surface area (Å²) in [6, 6.07) is 5.28. The van der Waals surface area contributed by atoms with Crippen LogP contribution in [0.3, 0.4) is 0 Å². The van der Waals surface area contributed by atoms with E-state index in [1.165, 1.54) is 7.05 Å². The molecular formula is C9H10N2O2. The third kappa shape index (κ3) is 1.41. The van der Waals surface area contributed by atoms with Gasteiger partial charge < -0.3 is 15.6 Å². The maximum atomic E-state index is 11.0. The van der Waals surface area contributed by atoms with Crippen LogP contribution in [0.1, 0.15) is 5.56 Å². The van der Waals surface area contributed by atoms with Crippen molar-refractivity contribution in [2.75, 3.05) is 12.4 Å². The van der Waals surface area contributed by atoms with Gasteiger partial charge in [0.1, 0.15) is 5.69 Å². The molecule has 1 aliphatic rings. The van der Waals surface area contributed by atoms with Crippen molar-refractivity contribution in [1.82, 2.24) is 0 Å². The van der Waals surface area contributed by atoms with E-state index in [1.807, 2.05) is 0 Å². The van der Waals surface area contributed by atoms with Crippen molar-refractivity contribution >= 4 is 17.3 Å². The topological polar surface area (TPSA) is 56.6 Å². The van der Waals surface area contributed by atoms with Crippen LogP contribution in [0.5, 0.6) is 0 Å². The summed E-state index contributed by atoms with van der Waals surface area (Å²) < 4.78 is 0. The Hall–Kier alpha value is -1.39. The lowest BCUT2D eigenvalue weighted by Gasteiger charge is -2.15. The summed E-state index contributed by atoms with van der Waals surface area (Å²) >= 11 is 0.